The van der Waals surface area contributed by atoms with Crippen molar-refractivity contribution in [3.05, 3.63) is 24.6 Å². The molecule has 166 valence electrons. The zero-order valence-corrected chi connectivity index (χ0v) is 17.9. The van der Waals surface area contributed by atoms with Gasteiger partial charge in [-0.1, -0.05) is 6.08 Å². The number of nitrogens with zero attached hydrogens (tertiary/aromatic N) is 6. The summed E-state index contributed by atoms with van der Waals surface area (Å²) in [5.41, 5.74) is -0.482. The average molecular weight is 428 g/mol. The van der Waals surface area contributed by atoms with Gasteiger partial charge in [0.1, 0.15) is 5.84 Å². The topological polar surface area (TPSA) is 91.6 Å². The molecule has 0 spiro atoms. The number of allylic oxidation sites excluding steroid dienone is 1. The fourth-order valence-electron chi connectivity index (χ4n) is 4.47. The molecule has 0 aromatic heterocycles. The summed E-state index contributed by atoms with van der Waals surface area (Å²) in [6.45, 7) is 5.46. The number of carbonyl (C=O) groups is 1. The van der Waals surface area contributed by atoms with E-state index in [4.69, 9.17) is 19.2 Å². The Morgan fingerprint density at radius 1 is 1.26 bits per heavy atom. The van der Waals surface area contributed by atoms with Gasteiger partial charge in [0.25, 0.3) is 0 Å². The van der Waals surface area contributed by atoms with Gasteiger partial charge in [-0.25, -0.2) is 19.8 Å². The number of ether oxygens (including phenoxy) is 3. The van der Waals surface area contributed by atoms with Gasteiger partial charge in [-0.05, 0) is 19.4 Å². The van der Waals surface area contributed by atoms with Crippen LogP contribution in [0.15, 0.2) is 39.6 Å². The summed E-state index contributed by atoms with van der Waals surface area (Å²) in [6, 6.07) is 0. The molecular weight excluding hydrogens is 400 g/mol. The molecule has 0 aliphatic carbocycles. The van der Waals surface area contributed by atoms with Gasteiger partial charge in [-0.15, -0.1) is 0 Å². The van der Waals surface area contributed by atoms with E-state index in [1.165, 1.54) is 0 Å². The largest absolute Gasteiger partial charge is 0.484 e. The Hall–Kier alpha value is -2.88. The minimum atomic E-state index is -0.482. The van der Waals surface area contributed by atoms with Crippen LogP contribution in [0.4, 0.5) is 4.79 Å². The van der Waals surface area contributed by atoms with Crippen molar-refractivity contribution in [2.45, 2.75) is 25.1 Å². The van der Waals surface area contributed by atoms with Crippen molar-refractivity contribution in [2.75, 3.05) is 46.5 Å². The fraction of sp³-hybridized carbons (Fsp3) is 0.619. The predicted octanol–water partition coefficient (Wildman–Crippen LogP) is 1.28. The normalized spacial score (nSPS) is 31.0. The van der Waals surface area contributed by atoms with Crippen LogP contribution in [0.5, 0.6) is 0 Å². The second-order valence-corrected chi connectivity index (χ2v) is 8.62. The van der Waals surface area contributed by atoms with Gasteiger partial charge >= 0.3 is 6.09 Å². The molecule has 0 N–H and O–H groups in total. The van der Waals surface area contributed by atoms with E-state index in [2.05, 4.69) is 21.1 Å². The van der Waals surface area contributed by atoms with Crippen molar-refractivity contribution < 1.29 is 19.0 Å². The average Bonchev–Trinajstić information content (AvgIpc) is 3.21. The van der Waals surface area contributed by atoms with Crippen LogP contribution < -0.4 is 0 Å². The van der Waals surface area contributed by atoms with Gasteiger partial charge in [0.2, 0.25) is 0 Å². The highest BCUT2D eigenvalue weighted by Crippen LogP contribution is 2.33. The molecule has 2 fully saturated rings. The number of methoxy groups -OCH3 is 1. The van der Waals surface area contributed by atoms with Crippen LogP contribution >= 0.6 is 0 Å². The van der Waals surface area contributed by atoms with Crippen LogP contribution in [0.1, 0.15) is 13.3 Å². The van der Waals surface area contributed by atoms with Gasteiger partial charge in [0.05, 0.1) is 32.2 Å². The molecule has 0 saturated carbocycles. The Bertz CT molecular complexity index is 869. The number of hydrogen-bond acceptors (Lipinski definition) is 9. The molecule has 3 unspecified atom stereocenters. The standard InChI is InChI=1S/C21H28N6O4/c1-21(13-30-14-21)31-20(28)26-10-8-25(9-11-26)17-5-7-27-18(24-17)16(12-23-27)15-4-3-6-22-19(15)29-2/h3,5-7,12,15-16,18H,4,8-11,13-14H2,1-2H3. The number of carbonyl (C=O) groups excluding carboxylic acids is 1. The monoisotopic (exact) mass is 428 g/mol. The number of aliphatic imine (C=N–C) groups is 2. The third-order valence-electron chi connectivity index (χ3n) is 6.33. The van der Waals surface area contributed by atoms with E-state index in [1.807, 2.05) is 30.4 Å². The molecule has 31 heavy (non-hydrogen) atoms. The lowest BCUT2D eigenvalue weighted by Gasteiger charge is -2.41. The minimum Gasteiger partial charge on any atom is -0.484 e. The molecule has 1 amide bonds. The molecule has 0 bridgehead atoms. The molecule has 3 atom stereocenters. The predicted molar refractivity (Wildman–Crippen MR) is 115 cm³/mol. The van der Waals surface area contributed by atoms with Crippen LogP contribution in [-0.2, 0) is 14.2 Å². The Labute approximate surface area is 181 Å². The lowest BCUT2D eigenvalue weighted by atomic mass is 9.87. The molecule has 0 aromatic rings. The van der Waals surface area contributed by atoms with Crippen LogP contribution in [-0.4, -0.2) is 97.1 Å². The summed E-state index contributed by atoms with van der Waals surface area (Å²) in [7, 11) is 1.66. The summed E-state index contributed by atoms with van der Waals surface area (Å²) in [4.78, 5) is 25.8. The quantitative estimate of drug-likeness (QED) is 0.658. The van der Waals surface area contributed by atoms with E-state index in [9.17, 15) is 4.79 Å². The van der Waals surface area contributed by atoms with Crippen LogP contribution in [0.3, 0.4) is 0 Å². The third kappa shape index (κ3) is 3.80. The Kier molecular flexibility index (Phi) is 5.17. The third-order valence-corrected chi connectivity index (χ3v) is 6.33. The highest BCUT2D eigenvalue weighted by atomic mass is 16.6. The van der Waals surface area contributed by atoms with Gasteiger partial charge in [0, 0.05) is 44.8 Å². The van der Waals surface area contributed by atoms with Crippen molar-refractivity contribution in [1.82, 2.24) is 14.8 Å². The highest BCUT2D eigenvalue weighted by Gasteiger charge is 2.41. The second kappa shape index (κ2) is 7.99. The van der Waals surface area contributed by atoms with Crippen LogP contribution in [0.25, 0.3) is 0 Å². The fourth-order valence-corrected chi connectivity index (χ4v) is 4.47. The van der Waals surface area contributed by atoms with Crippen LogP contribution in [0, 0.1) is 11.8 Å². The number of amides is 1. The molecule has 5 aliphatic rings. The summed E-state index contributed by atoms with van der Waals surface area (Å²) in [5, 5.41) is 6.42. The van der Waals surface area contributed by atoms with Crippen molar-refractivity contribution in [2.24, 2.45) is 26.9 Å². The summed E-state index contributed by atoms with van der Waals surface area (Å²) in [5.74, 6) is 1.86. The first-order valence-corrected chi connectivity index (χ1v) is 10.7. The molecule has 10 nitrogen and oxygen atoms in total. The molecule has 0 radical (unpaired) electrons. The van der Waals surface area contributed by atoms with E-state index in [-0.39, 0.29) is 24.1 Å². The summed E-state index contributed by atoms with van der Waals surface area (Å²) >= 11 is 0. The van der Waals surface area contributed by atoms with E-state index in [0.717, 1.165) is 18.2 Å². The number of rotatable bonds is 2. The molecule has 2 saturated heterocycles. The number of amidine groups is 1. The number of fused-ring (bicyclic) bond motifs is 1. The van der Waals surface area contributed by atoms with E-state index in [1.54, 1.807) is 18.2 Å². The molecule has 0 aromatic carbocycles. The zero-order valence-electron chi connectivity index (χ0n) is 17.9. The lowest BCUT2D eigenvalue weighted by molar-refractivity contribution is -0.172. The van der Waals surface area contributed by atoms with Crippen molar-refractivity contribution >= 4 is 24.0 Å². The Morgan fingerprint density at radius 2 is 2.06 bits per heavy atom. The number of hydrazone groups is 1. The zero-order chi connectivity index (χ0) is 21.4. The van der Waals surface area contributed by atoms with Gasteiger partial charge < -0.3 is 24.0 Å². The minimum absolute atomic E-state index is 0.0882. The highest BCUT2D eigenvalue weighted by molar-refractivity contribution is 5.94. The van der Waals surface area contributed by atoms with Crippen molar-refractivity contribution in [1.29, 1.82) is 0 Å². The summed E-state index contributed by atoms with van der Waals surface area (Å²) < 4.78 is 16.3. The lowest BCUT2D eigenvalue weighted by Crippen LogP contribution is -2.56. The first-order chi connectivity index (χ1) is 15.1. The van der Waals surface area contributed by atoms with Gasteiger partial charge in [-0.2, -0.15) is 5.10 Å². The SMILES string of the molecule is COC1=NC=CCC1C1C=NN2C=CC(N3CCN(C(=O)OC4(C)COC4)CC3)=NC12. The molecule has 10 heteroatoms. The molecule has 5 heterocycles. The first kappa shape index (κ1) is 20.0. The number of hydrogen-bond donors (Lipinski definition) is 0. The second-order valence-electron chi connectivity index (χ2n) is 8.62. The maximum atomic E-state index is 12.5. The summed E-state index contributed by atoms with van der Waals surface area (Å²) in [6.07, 6.45) is 10.2. The van der Waals surface area contributed by atoms with Gasteiger partial charge in [0.15, 0.2) is 17.7 Å². The van der Waals surface area contributed by atoms with E-state index in [0.29, 0.717) is 39.4 Å². The maximum absolute atomic E-state index is 12.5. The van der Waals surface area contributed by atoms with Crippen LogP contribution in [0.2, 0.25) is 0 Å². The molecule has 5 rings (SSSR count). The molecular formula is C21H28N6O4. The van der Waals surface area contributed by atoms with Crippen molar-refractivity contribution in [3.8, 4) is 0 Å². The smallest absolute Gasteiger partial charge is 0.410 e. The first-order valence-electron chi connectivity index (χ1n) is 10.7. The van der Waals surface area contributed by atoms with Crippen molar-refractivity contribution in [3.63, 3.8) is 0 Å². The maximum Gasteiger partial charge on any atom is 0.410 e. The van der Waals surface area contributed by atoms with E-state index < -0.39 is 5.60 Å². The Morgan fingerprint density at radius 3 is 2.77 bits per heavy atom. The van der Waals surface area contributed by atoms with E-state index >= 15 is 0 Å². The van der Waals surface area contributed by atoms with Gasteiger partial charge in [-0.3, -0.25) is 0 Å². The Balaban J connectivity index is 1.22. The number of piperazine rings is 1. The molecule has 5 aliphatic heterocycles.